The molecule has 1 N–H and O–H groups in total. The molecule has 0 saturated heterocycles. The molecule has 1 unspecified atom stereocenters. The first-order valence-corrected chi connectivity index (χ1v) is 4.84. The fraction of sp³-hybridized carbons (Fsp3) is 0.455. The van der Waals surface area contributed by atoms with Crippen molar-refractivity contribution in [1.82, 2.24) is 5.32 Å². The Morgan fingerprint density at radius 3 is 2.33 bits per heavy atom. The number of nitrogens with one attached hydrogen (secondary N) is 1. The second kappa shape index (κ2) is 5.75. The second-order valence-corrected chi connectivity index (χ2v) is 3.53. The molecule has 0 fully saturated rings. The molecule has 0 radical (unpaired) electrons. The summed E-state index contributed by atoms with van der Waals surface area (Å²) >= 11 is 0. The van der Waals surface area contributed by atoms with Gasteiger partial charge in [0.2, 0.25) is 0 Å². The Balaban J connectivity index is 2.37. The molecular weight excluding hydrogens is 203 g/mol. The molecule has 0 spiro atoms. The lowest BCUT2D eigenvalue weighted by molar-refractivity contribution is 0.142. The first-order chi connectivity index (χ1) is 7.08. The minimum absolute atomic E-state index is 0.0375. The molecular formula is C11H14F3N. The van der Waals surface area contributed by atoms with E-state index in [1.54, 1.807) is 12.1 Å². The highest BCUT2D eigenvalue weighted by Gasteiger charge is 2.07. The van der Waals surface area contributed by atoms with E-state index in [0.717, 1.165) is 5.56 Å². The predicted octanol–water partition coefficient (Wildman–Crippen LogP) is 2.61. The molecule has 4 heteroatoms. The summed E-state index contributed by atoms with van der Waals surface area (Å²) in [5.74, 6) is -0.285. The summed E-state index contributed by atoms with van der Waals surface area (Å²) in [5, 5.41) is 2.70. The van der Waals surface area contributed by atoms with Crippen LogP contribution in [0.4, 0.5) is 13.2 Å². The SMILES string of the molecule is CC(Cc1ccc(F)cc1)NCC(F)F. The summed E-state index contributed by atoms with van der Waals surface area (Å²) in [7, 11) is 0. The van der Waals surface area contributed by atoms with Gasteiger partial charge < -0.3 is 5.32 Å². The third kappa shape index (κ3) is 4.83. The van der Waals surface area contributed by atoms with Crippen molar-refractivity contribution in [3.05, 3.63) is 35.6 Å². The molecule has 15 heavy (non-hydrogen) atoms. The van der Waals surface area contributed by atoms with Crippen molar-refractivity contribution in [1.29, 1.82) is 0 Å². The summed E-state index contributed by atoms with van der Waals surface area (Å²) in [4.78, 5) is 0. The second-order valence-electron chi connectivity index (χ2n) is 3.53. The van der Waals surface area contributed by atoms with Crippen LogP contribution in [0.25, 0.3) is 0 Å². The molecule has 84 valence electrons. The van der Waals surface area contributed by atoms with Gasteiger partial charge >= 0.3 is 0 Å². The largest absolute Gasteiger partial charge is 0.309 e. The highest BCUT2D eigenvalue weighted by atomic mass is 19.3. The molecule has 0 bridgehead atoms. The highest BCUT2D eigenvalue weighted by Crippen LogP contribution is 2.05. The zero-order chi connectivity index (χ0) is 11.3. The van der Waals surface area contributed by atoms with E-state index < -0.39 is 6.43 Å². The maximum absolute atomic E-state index is 12.6. The molecule has 0 saturated carbocycles. The van der Waals surface area contributed by atoms with Crippen molar-refractivity contribution < 1.29 is 13.2 Å². The van der Waals surface area contributed by atoms with Crippen LogP contribution in [0.3, 0.4) is 0 Å². The van der Waals surface area contributed by atoms with Gasteiger partial charge in [-0.25, -0.2) is 13.2 Å². The topological polar surface area (TPSA) is 12.0 Å². The number of halogens is 3. The van der Waals surface area contributed by atoms with Gasteiger partial charge in [0.25, 0.3) is 6.43 Å². The molecule has 1 aromatic rings. The van der Waals surface area contributed by atoms with Crippen LogP contribution in [-0.2, 0) is 6.42 Å². The molecule has 0 heterocycles. The van der Waals surface area contributed by atoms with Gasteiger partial charge in [0.05, 0.1) is 6.54 Å². The van der Waals surface area contributed by atoms with Gasteiger partial charge in [0.15, 0.2) is 0 Å². The van der Waals surface area contributed by atoms with Gasteiger partial charge in [0.1, 0.15) is 5.82 Å². The van der Waals surface area contributed by atoms with Gasteiger partial charge in [-0.2, -0.15) is 0 Å². The molecule has 0 aliphatic rings. The van der Waals surface area contributed by atoms with Crippen molar-refractivity contribution in [2.45, 2.75) is 25.8 Å². The van der Waals surface area contributed by atoms with Crippen LogP contribution in [0, 0.1) is 5.82 Å². The standard InChI is InChI=1S/C11H14F3N/c1-8(15-7-11(13)14)6-9-2-4-10(12)5-3-9/h2-5,8,11,15H,6-7H2,1H3. The Kier molecular flexibility index (Phi) is 4.62. The van der Waals surface area contributed by atoms with Crippen molar-refractivity contribution in [3.8, 4) is 0 Å². The average molecular weight is 217 g/mol. The fourth-order valence-electron chi connectivity index (χ4n) is 1.34. The van der Waals surface area contributed by atoms with Crippen molar-refractivity contribution in [2.24, 2.45) is 0 Å². The lowest BCUT2D eigenvalue weighted by atomic mass is 10.1. The molecule has 0 amide bonds. The Morgan fingerprint density at radius 1 is 1.20 bits per heavy atom. The highest BCUT2D eigenvalue weighted by molar-refractivity contribution is 5.16. The average Bonchev–Trinajstić information content (AvgIpc) is 2.19. The van der Waals surface area contributed by atoms with Gasteiger partial charge in [-0.1, -0.05) is 12.1 Å². The smallest absolute Gasteiger partial charge is 0.250 e. The quantitative estimate of drug-likeness (QED) is 0.799. The van der Waals surface area contributed by atoms with Crippen LogP contribution in [0.2, 0.25) is 0 Å². The van der Waals surface area contributed by atoms with E-state index in [4.69, 9.17) is 0 Å². The summed E-state index contributed by atoms with van der Waals surface area (Å²) in [6.45, 7) is 1.52. The maximum Gasteiger partial charge on any atom is 0.250 e. The van der Waals surface area contributed by atoms with Gasteiger partial charge in [0, 0.05) is 6.04 Å². The van der Waals surface area contributed by atoms with Crippen molar-refractivity contribution in [2.75, 3.05) is 6.54 Å². The van der Waals surface area contributed by atoms with Gasteiger partial charge in [-0.15, -0.1) is 0 Å². The van der Waals surface area contributed by atoms with Crippen LogP contribution >= 0.6 is 0 Å². The van der Waals surface area contributed by atoms with E-state index in [9.17, 15) is 13.2 Å². The van der Waals surface area contributed by atoms with Crippen LogP contribution in [0.15, 0.2) is 24.3 Å². The van der Waals surface area contributed by atoms with Crippen LogP contribution < -0.4 is 5.32 Å². The third-order valence-electron chi connectivity index (χ3n) is 2.08. The zero-order valence-electron chi connectivity index (χ0n) is 8.51. The van der Waals surface area contributed by atoms with Crippen LogP contribution in [-0.4, -0.2) is 19.0 Å². The van der Waals surface area contributed by atoms with Gasteiger partial charge in [-0.3, -0.25) is 0 Å². The van der Waals surface area contributed by atoms with Crippen molar-refractivity contribution in [3.63, 3.8) is 0 Å². The molecule has 0 aliphatic carbocycles. The Bertz CT molecular complexity index is 284. The zero-order valence-corrected chi connectivity index (χ0v) is 8.51. The summed E-state index contributed by atoms with van der Waals surface area (Å²) in [6.07, 6.45) is -1.71. The Hall–Kier alpha value is -1.03. The Labute approximate surface area is 87.3 Å². The summed E-state index contributed by atoms with van der Waals surface area (Å²) in [5.41, 5.74) is 0.936. The molecule has 0 aromatic heterocycles. The van der Waals surface area contributed by atoms with Crippen LogP contribution in [0.5, 0.6) is 0 Å². The van der Waals surface area contributed by atoms with Gasteiger partial charge in [-0.05, 0) is 31.0 Å². The summed E-state index contributed by atoms with van der Waals surface area (Å²) < 4.78 is 36.3. The first kappa shape index (κ1) is 12.0. The van der Waals surface area contributed by atoms with E-state index in [0.29, 0.717) is 6.42 Å². The lowest BCUT2D eigenvalue weighted by Gasteiger charge is -2.13. The number of hydrogen-bond acceptors (Lipinski definition) is 1. The van der Waals surface area contributed by atoms with Crippen LogP contribution in [0.1, 0.15) is 12.5 Å². The number of hydrogen-bond donors (Lipinski definition) is 1. The van der Waals surface area contributed by atoms with E-state index in [1.807, 2.05) is 6.92 Å². The third-order valence-corrected chi connectivity index (χ3v) is 2.08. The molecule has 1 aromatic carbocycles. The lowest BCUT2D eigenvalue weighted by Crippen LogP contribution is -2.32. The number of rotatable bonds is 5. The van der Waals surface area contributed by atoms with E-state index >= 15 is 0 Å². The maximum atomic E-state index is 12.6. The summed E-state index contributed by atoms with van der Waals surface area (Å²) in [6, 6.07) is 6.03. The minimum Gasteiger partial charge on any atom is -0.309 e. The molecule has 1 atom stereocenters. The normalized spacial score (nSPS) is 13.1. The van der Waals surface area contributed by atoms with E-state index in [-0.39, 0.29) is 18.4 Å². The van der Waals surface area contributed by atoms with Crippen molar-refractivity contribution >= 4 is 0 Å². The molecule has 1 nitrogen and oxygen atoms in total. The first-order valence-electron chi connectivity index (χ1n) is 4.84. The number of alkyl halides is 2. The number of benzene rings is 1. The monoisotopic (exact) mass is 217 g/mol. The van der Waals surface area contributed by atoms with E-state index in [2.05, 4.69) is 5.32 Å². The molecule has 1 rings (SSSR count). The minimum atomic E-state index is -2.33. The Morgan fingerprint density at radius 2 is 1.80 bits per heavy atom. The molecule has 0 aliphatic heterocycles. The predicted molar refractivity (Wildman–Crippen MR) is 53.6 cm³/mol. The van der Waals surface area contributed by atoms with E-state index in [1.165, 1.54) is 12.1 Å². The fourth-order valence-corrected chi connectivity index (χ4v) is 1.34.